The largest absolute Gasteiger partial charge is 0.392 e. The SMILES string of the molecule is C=CC(C)=CCC=C(C)CO. The monoisotopic (exact) mass is 152 g/mol. The molecule has 0 aliphatic heterocycles. The number of allylic oxidation sites excluding steroid dienone is 4. The minimum Gasteiger partial charge on any atom is -0.392 e. The zero-order chi connectivity index (χ0) is 8.69. The molecule has 0 radical (unpaired) electrons. The van der Waals surface area contributed by atoms with E-state index in [1.807, 2.05) is 26.0 Å². The number of aliphatic hydroxyl groups excluding tert-OH is 1. The predicted octanol–water partition coefficient (Wildman–Crippen LogP) is 2.45. The van der Waals surface area contributed by atoms with Crippen LogP contribution in [0.5, 0.6) is 0 Å². The van der Waals surface area contributed by atoms with Crippen LogP contribution in [-0.4, -0.2) is 11.7 Å². The van der Waals surface area contributed by atoms with Crippen LogP contribution in [0.1, 0.15) is 20.3 Å². The minimum atomic E-state index is 0.154. The zero-order valence-electron chi connectivity index (χ0n) is 7.30. The third-order valence-corrected chi connectivity index (χ3v) is 1.48. The highest BCUT2D eigenvalue weighted by Gasteiger charge is 1.82. The summed E-state index contributed by atoms with van der Waals surface area (Å²) >= 11 is 0. The average Bonchev–Trinajstić information content (AvgIpc) is 2.04. The maximum absolute atomic E-state index is 8.65. The maximum Gasteiger partial charge on any atom is 0.0639 e. The van der Waals surface area contributed by atoms with Crippen molar-refractivity contribution in [2.75, 3.05) is 6.61 Å². The summed E-state index contributed by atoms with van der Waals surface area (Å²) in [5, 5.41) is 8.65. The van der Waals surface area contributed by atoms with Crippen molar-refractivity contribution in [3.63, 3.8) is 0 Å². The van der Waals surface area contributed by atoms with E-state index in [4.69, 9.17) is 5.11 Å². The molecule has 0 aliphatic rings. The molecule has 0 aliphatic carbocycles. The fraction of sp³-hybridized carbons (Fsp3) is 0.400. The van der Waals surface area contributed by atoms with Crippen LogP contribution in [0.4, 0.5) is 0 Å². The second-order valence-electron chi connectivity index (χ2n) is 2.60. The molecule has 0 amide bonds. The average molecular weight is 152 g/mol. The first kappa shape index (κ1) is 10.2. The fourth-order valence-corrected chi connectivity index (χ4v) is 0.594. The molecule has 0 rings (SSSR count). The molecule has 1 heteroatoms. The van der Waals surface area contributed by atoms with Gasteiger partial charge in [-0.15, -0.1) is 0 Å². The van der Waals surface area contributed by atoms with Crippen molar-refractivity contribution in [2.45, 2.75) is 20.3 Å². The van der Waals surface area contributed by atoms with E-state index in [1.165, 1.54) is 5.57 Å². The van der Waals surface area contributed by atoms with Crippen LogP contribution in [0.3, 0.4) is 0 Å². The summed E-state index contributed by atoms with van der Waals surface area (Å²) in [6.07, 6.45) is 6.78. The van der Waals surface area contributed by atoms with Gasteiger partial charge in [-0.3, -0.25) is 0 Å². The van der Waals surface area contributed by atoms with Crippen LogP contribution in [0.15, 0.2) is 36.0 Å². The Bertz CT molecular complexity index is 175. The Labute approximate surface area is 68.7 Å². The lowest BCUT2D eigenvalue weighted by molar-refractivity contribution is 0.331. The first-order valence-corrected chi connectivity index (χ1v) is 3.76. The van der Waals surface area contributed by atoms with E-state index in [9.17, 15) is 0 Å². The van der Waals surface area contributed by atoms with E-state index in [-0.39, 0.29) is 6.61 Å². The fourth-order valence-electron chi connectivity index (χ4n) is 0.594. The van der Waals surface area contributed by atoms with Crippen molar-refractivity contribution < 1.29 is 5.11 Å². The van der Waals surface area contributed by atoms with E-state index >= 15 is 0 Å². The molecule has 0 atom stereocenters. The molecular formula is C10H16O. The highest BCUT2D eigenvalue weighted by Crippen LogP contribution is 1.99. The molecule has 11 heavy (non-hydrogen) atoms. The van der Waals surface area contributed by atoms with Crippen LogP contribution in [0.2, 0.25) is 0 Å². The molecule has 0 aromatic carbocycles. The number of aliphatic hydroxyl groups is 1. The van der Waals surface area contributed by atoms with Crippen LogP contribution in [0, 0.1) is 0 Å². The van der Waals surface area contributed by atoms with E-state index < -0.39 is 0 Å². The van der Waals surface area contributed by atoms with Gasteiger partial charge in [-0.2, -0.15) is 0 Å². The maximum atomic E-state index is 8.65. The lowest BCUT2D eigenvalue weighted by atomic mass is 10.2. The van der Waals surface area contributed by atoms with Gasteiger partial charge < -0.3 is 5.11 Å². The van der Waals surface area contributed by atoms with Gasteiger partial charge in [0.15, 0.2) is 0 Å². The second-order valence-corrected chi connectivity index (χ2v) is 2.60. The molecule has 1 N–H and O–H groups in total. The van der Waals surface area contributed by atoms with Gasteiger partial charge in [0.1, 0.15) is 0 Å². The van der Waals surface area contributed by atoms with Gasteiger partial charge in [0.25, 0.3) is 0 Å². The van der Waals surface area contributed by atoms with Crippen LogP contribution < -0.4 is 0 Å². The second kappa shape index (κ2) is 5.93. The van der Waals surface area contributed by atoms with Gasteiger partial charge in [0.2, 0.25) is 0 Å². The molecule has 62 valence electrons. The Morgan fingerprint density at radius 2 is 2.00 bits per heavy atom. The standard InChI is InChI=1S/C10H16O/c1-4-9(2)6-5-7-10(3)8-11/h4,6-7,11H,1,5,8H2,2-3H3. The van der Waals surface area contributed by atoms with Crippen molar-refractivity contribution in [1.29, 1.82) is 0 Å². The number of hydrogen-bond acceptors (Lipinski definition) is 1. The quantitative estimate of drug-likeness (QED) is 0.484. The van der Waals surface area contributed by atoms with Gasteiger partial charge in [-0.25, -0.2) is 0 Å². The Morgan fingerprint density at radius 3 is 2.45 bits per heavy atom. The molecule has 0 saturated carbocycles. The smallest absolute Gasteiger partial charge is 0.0639 e. The molecule has 0 aromatic rings. The van der Waals surface area contributed by atoms with Gasteiger partial charge in [0, 0.05) is 0 Å². The third-order valence-electron chi connectivity index (χ3n) is 1.48. The normalized spacial score (nSPS) is 13.4. The number of rotatable bonds is 4. The molecule has 0 fully saturated rings. The van der Waals surface area contributed by atoms with Crippen LogP contribution >= 0.6 is 0 Å². The summed E-state index contributed by atoms with van der Waals surface area (Å²) in [4.78, 5) is 0. The highest BCUT2D eigenvalue weighted by molar-refractivity contribution is 5.15. The summed E-state index contributed by atoms with van der Waals surface area (Å²) in [5.41, 5.74) is 2.19. The summed E-state index contributed by atoms with van der Waals surface area (Å²) in [6, 6.07) is 0. The van der Waals surface area contributed by atoms with Gasteiger partial charge in [0.05, 0.1) is 6.61 Å². The summed E-state index contributed by atoms with van der Waals surface area (Å²) in [5.74, 6) is 0. The Kier molecular flexibility index (Phi) is 5.49. The van der Waals surface area contributed by atoms with E-state index in [2.05, 4.69) is 12.7 Å². The molecule has 0 bridgehead atoms. The van der Waals surface area contributed by atoms with Crippen molar-refractivity contribution in [3.05, 3.63) is 36.0 Å². The topological polar surface area (TPSA) is 20.2 Å². The Balaban J connectivity index is 3.80. The molecule has 0 spiro atoms. The molecular weight excluding hydrogens is 136 g/mol. The summed E-state index contributed by atoms with van der Waals surface area (Å²) in [7, 11) is 0. The number of hydrogen-bond donors (Lipinski definition) is 1. The molecule has 0 heterocycles. The highest BCUT2D eigenvalue weighted by atomic mass is 16.3. The van der Waals surface area contributed by atoms with E-state index in [0.717, 1.165) is 12.0 Å². The van der Waals surface area contributed by atoms with Crippen molar-refractivity contribution in [3.8, 4) is 0 Å². The van der Waals surface area contributed by atoms with Crippen LogP contribution in [0.25, 0.3) is 0 Å². The van der Waals surface area contributed by atoms with Gasteiger partial charge >= 0.3 is 0 Å². The van der Waals surface area contributed by atoms with E-state index in [0.29, 0.717) is 0 Å². The van der Waals surface area contributed by atoms with Gasteiger partial charge in [-0.1, -0.05) is 36.0 Å². The lowest BCUT2D eigenvalue weighted by Crippen LogP contribution is -1.82. The summed E-state index contributed by atoms with van der Waals surface area (Å²) < 4.78 is 0. The van der Waals surface area contributed by atoms with Crippen molar-refractivity contribution >= 4 is 0 Å². The zero-order valence-corrected chi connectivity index (χ0v) is 7.30. The Hall–Kier alpha value is -0.820. The summed E-state index contributed by atoms with van der Waals surface area (Å²) in [6.45, 7) is 7.72. The molecule has 0 aromatic heterocycles. The molecule has 1 nitrogen and oxygen atoms in total. The molecule has 0 saturated heterocycles. The van der Waals surface area contributed by atoms with Gasteiger partial charge in [-0.05, 0) is 20.3 Å². The molecule has 0 unspecified atom stereocenters. The predicted molar refractivity (Wildman–Crippen MR) is 49.4 cm³/mol. The Morgan fingerprint density at radius 1 is 1.36 bits per heavy atom. The third kappa shape index (κ3) is 5.62. The van der Waals surface area contributed by atoms with E-state index in [1.54, 1.807) is 0 Å². The van der Waals surface area contributed by atoms with Crippen LogP contribution in [-0.2, 0) is 0 Å². The minimum absolute atomic E-state index is 0.154. The first-order valence-electron chi connectivity index (χ1n) is 3.76. The first-order chi connectivity index (χ1) is 5.20. The van der Waals surface area contributed by atoms with Crippen molar-refractivity contribution in [1.82, 2.24) is 0 Å². The van der Waals surface area contributed by atoms with Crippen molar-refractivity contribution in [2.24, 2.45) is 0 Å². The lowest BCUT2D eigenvalue weighted by Gasteiger charge is -1.92.